The van der Waals surface area contributed by atoms with E-state index in [4.69, 9.17) is 11.6 Å². The van der Waals surface area contributed by atoms with Crippen LogP contribution in [0, 0.1) is 18.3 Å². The van der Waals surface area contributed by atoms with Crippen LogP contribution in [0.15, 0.2) is 35.3 Å². The number of nitriles is 1. The molecule has 0 amide bonds. The van der Waals surface area contributed by atoms with Crippen LogP contribution in [0.5, 0.6) is 0 Å². The monoisotopic (exact) mass is 366 g/mol. The fourth-order valence-electron chi connectivity index (χ4n) is 3.12. The van der Waals surface area contributed by atoms with Crippen LogP contribution in [0.25, 0.3) is 5.69 Å². The Morgan fingerprint density at radius 1 is 1.32 bits per heavy atom. The number of benzene rings is 1. The molecule has 2 heterocycles. The molecule has 0 fully saturated rings. The SMILES string of the molecule is Cc1nn(-c2ccccc2)c(Cl)c1/C=N/c1sc2c(c1C#N)CCC2. The van der Waals surface area contributed by atoms with E-state index in [1.54, 1.807) is 22.2 Å². The van der Waals surface area contributed by atoms with Crippen LogP contribution in [0.3, 0.4) is 0 Å². The smallest absolute Gasteiger partial charge is 0.141 e. The van der Waals surface area contributed by atoms with Crippen molar-refractivity contribution in [1.82, 2.24) is 9.78 Å². The standard InChI is InChI=1S/C19H15ClN4S/c1-12-16(18(20)24(23-12)13-6-3-2-4-7-13)11-22-19-15(10-21)14-8-5-9-17(14)25-19/h2-4,6-7,11H,5,8-9H2,1H3/b22-11+. The second kappa shape index (κ2) is 6.47. The van der Waals surface area contributed by atoms with Gasteiger partial charge in [0.1, 0.15) is 16.2 Å². The van der Waals surface area contributed by atoms with Gasteiger partial charge in [-0.15, -0.1) is 11.3 Å². The summed E-state index contributed by atoms with van der Waals surface area (Å²) < 4.78 is 1.71. The summed E-state index contributed by atoms with van der Waals surface area (Å²) >= 11 is 8.14. The van der Waals surface area contributed by atoms with Crippen LogP contribution in [0.4, 0.5) is 5.00 Å². The summed E-state index contributed by atoms with van der Waals surface area (Å²) in [7, 11) is 0. The van der Waals surface area contributed by atoms with Crippen LogP contribution >= 0.6 is 22.9 Å². The molecule has 6 heteroatoms. The molecule has 0 aliphatic heterocycles. The number of rotatable bonds is 3. The molecule has 0 saturated carbocycles. The Hall–Kier alpha value is -2.42. The Labute approximate surface area is 155 Å². The molecule has 0 saturated heterocycles. The average molecular weight is 367 g/mol. The first-order valence-electron chi connectivity index (χ1n) is 8.08. The van der Waals surface area contributed by atoms with E-state index in [1.807, 2.05) is 37.3 Å². The second-order valence-corrected chi connectivity index (χ2v) is 7.39. The Balaban J connectivity index is 1.72. The van der Waals surface area contributed by atoms with E-state index in [0.717, 1.165) is 46.8 Å². The lowest BCUT2D eigenvalue weighted by Gasteiger charge is -2.01. The third kappa shape index (κ3) is 2.78. The fourth-order valence-corrected chi connectivity index (χ4v) is 4.62. The predicted octanol–water partition coefficient (Wildman–Crippen LogP) is 5.01. The molecule has 0 radical (unpaired) electrons. The van der Waals surface area contributed by atoms with Crippen molar-refractivity contribution in [1.29, 1.82) is 5.26 Å². The third-order valence-electron chi connectivity index (χ3n) is 4.37. The number of fused-ring (bicyclic) bond motifs is 1. The Kier molecular flexibility index (Phi) is 4.16. The molecule has 4 rings (SSSR count). The van der Waals surface area contributed by atoms with Crippen LogP contribution in [0.1, 0.15) is 33.7 Å². The Morgan fingerprint density at radius 2 is 2.12 bits per heavy atom. The first-order chi connectivity index (χ1) is 12.2. The number of aryl methyl sites for hydroxylation is 2. The molecular formula is C19H15ClN4S. The quantitative estimate of drug-likeness (QED) is 0.612. The highest BCUT2D eigenvalue weighted by Crippen LogP contribution is 2.40. The Bertz CT molecular complexity index is 1010. The summed E-state index contributed by atoms with van der Waals surface area (Å²) in [5, 5.41) is 15.3. The first-order valence-corrected chi connectivity index (χ1v) is 9.27. The van der Waals surface area contributed by atoms with Crippen LogP contribution < -0.4 is 0 Å². The number of nitrogens with zero attached hydrogens (tertiary/aromatic N) is 4. The van der Waals surface area contributed by atoms with Crippen molar-refractivity contribution in [3.8, 4) is 11.8 Å². The molecule has 4 nitrogen and oxygen atoms in total. The third-order valence-corrected chi connectivity index (χ3v) is 5.94. The molecule has 0 spiro atoms. The largest absolute Gasteiger partial charge is 0.244 e. The number of para-hydroxylation sites is 1. The molecule has 0 N–H and O–H groups in total. The van der Waals surface area contributed by atoms with Crippen molar-refractivity contribution in [3.63, 3.8) is 0 Å². The van der Waals surface area contributed by atoms with Gasteiger partial charge in [-0.1, -0.05) is 29.8 Å². The van der Waals surface area contributed by atoms with Gasteiger partial charge in [-0.05, 0) is 43.9 Å². The van der Waals surface area contributed by atoms with Crippen molar-refractivity contribution in [2.24, 2.45) is 4.99 Å². The van der Waals surface area contributed by atoms with Gasteiger partial charge in [0, 0.05) is 11.1 Å². The van der Waals surface area contributed by atoms with E-state index in [9.17, 15) is 5.26 Å². The van der Waals surface area contributed by atoms with Gasteiger partial charge in [0.25, 0.3) is 0 Å². The average Bonchev–Trinajstić information content (AvgIpc) is 3.27. The van der Waals surface area contributed by atoms with E-state index in [0.29, 0.717) is 5.15 Å². The van der Waals surface area contributed by atoms with Crippen molar-refractivity contribution >= 4 is 34.2 Å². The van der Waals surface area contributed by atoms with Gasteiger partial charge < -0.3 is 0 Å². The number of hydrogen-bond acceptors (Lipinski definition) is 4. The fraction of sp³-hybridized carbons (Fsp3) is 0.211. The van der Waals surface area contributed by atoms with Gasteiger partial charge >= 0.3 is 0 Å². The summed E-state index contributed by atoms with van der Waals surface area (Å²) in [5.74, 6) is 0. The maximum Gasteiger partial charge on any atom is 0.141 e. The number of thiophene rings is 1. The topological polar surface area (TPSA) is 54.0 Å². The molecule has 0 atom stereocenters. The highest BCUT2D eigenvalue weighted by atomic mass is 35.5. The van der Waals surface area contributed by atoms with Crippen molar-refractivity contribution in [2.75, 3.05) is 0 Å². The number of halogens is 1. The van der Waals surface area contributed by atoms with Gasteiger partial charge in [-0.2, -0.15) is 10.4 Å². The number of aromatic nitrogens is 2. The number of aliphatic imine (C=N–C) groups is 1. The van der Waals surface area contributed by atoms with E-state index < -0.39 is 0 Å². The molecule has 25 heavy (non-hydrogen) atoms. The summed E-state index contributed by atoms with van der Waals surface area (Å²) in [4.78, 5) is 5.87. The van der Waals surface area contributed by atoms with Gasteiger partial charge in [-0.3, -0.25) is 0 Å². The molecule has 1 aromatic carbocycles. The van der Waals surface area contributed by atoms with Gasteiger partial charge in [0.15, 0.2) is 0 Å². The molecule has 1 aliphatic rings. The first kappa shape index (κ1) is 16.1. The highest BCUT2D eigenvalue weighted by molar-refractivity contribution is 7.16. The van der Waals surface area contributed by atoms with Gasteiger partial charge in [-0.25, -0.2) is 9.67 Å². The molecule has 3 aromatic rings. The van der Waals surface area contributed by atoms with Crippen LogP contribution in [0.2, 0.25) is 5.15 Å². The molecule has 124 valence electrons. The zero-order chi connectivity index (χ0) is 17.4. The molecular weight excluding hydrogens is 352 g/mol. The lowest BCUT2D eigenvalue weighted by molar-refractivity contribution is 0.863. The van der Waals surface area contributed by atoms with E-state index >= 15 is 0 Å². The van der Waals surface area contributed by atoms with Gasteiger partial charge in [0.2, 0.25) is 0 Å². The van der Waals surface area contributed by atoms with Gasteiger partial charge in [0.05, 0.1) is 22.5 Å². The summed E-state index contributed by atoms with van der Waals surface area (Å²) in [5.41, 5.74) is 4.40. The maximum absolute atomic E-state index is 9.47. The normalized spacial score (nSPS) is 13.3. The van der Waals surface area contributed by atoms with Crippen LogP contribution in [-0.2, 0) is 12.8 Å². The zero-order valence-electron chi connectivity index (χ0n) is 13.7. The lowest BCUT2D eigenvalue weighted by Crippen LogP contribution is -1.96. The molecule has 0 unspecified atom stereocenters. The van der Waals surface area contributed by atoms with Crippen molar-refractivity contribution < 1.29 is 0 Å². The summed E-state index contributed by atoms with van der Waals surface area (Å²) in [6.07, 6.45) is 4.90. The van der Waals surface area contributed by atoms with E-state index in [-0.39, 0.29) is 0 Å². The Morgan fingerprint density at radius 3 is 2.88 bits per heavy atom. The molecule has 2 aromatic heterocycles. The highest BCUT2D eigenvalue weighted by Gasteiger charge is 2.22. The minimum absolute atomic E-state index is 0.523. The minimum Gasteiger partial charge on any atom is -0.244 e. The molecule has 0 bridgehead atoms. The second-order valence-electron chi connectivity index (χ2n) is 5.94. The number of hydrogen-bond donors (Lipinski definition) is 0. The van der Waals surface area contributed by atoms with Crippen molar-refractivity contribution in [3.05, 3.63) is 62.7 Å². The lowest BCUT2D eigenvalue weighted by atomic mass is 10.1. The van der Waals surface area contributed by atoms with E-state index in [2.05, 4.69) is 16.2 Å². The van der Waals surface area contributed by atoms with Crippen molar-refractivity contribution in [2.45, 2.75) is 26.2 Å². The minimum atomic E-state index is 0.523. The summed E-state index contributed by atoms with van der Waals surface area (Å²) in [6, 6.07) is 12.1. The summed E-state index contributed by atoms with van der Waals surface area (Å²) in [6.45, 7) is 1.91. The molecule has 1 aliphatic carbocycles. The predicted molar refractivity (Wildman–Crippen MR) is 102 cm³/mol. The van der Waals surface area contributed by atoms with Crippen LogP contribution in [-0.4, -0.2) is 16.0 Å². The zero-order valence-corrected chi connectivity index (χ0v) is 15.2. The maximum atomic E-state index is 9.47. The van der Waals surface area contributed by atoms with E-state index in [1.165, 1.54) is 10.4 Å².